The molecule has 0 amide bonds. The van der Waals surface area contributed by atoms with E-state index in [9.17, 15) is 5.26 Å². The summed E-state index contributed by atoms with van der Waals surface area (Å²) in [5, 5.41) is 9.98. The zero-order chi connectivity index (χ0) is 39.9. The normalized spacial score (nSPS) is 12.4. The van der Waals surface area contributed by atoms with Crippen molar-refractivity contribution in [2.24, 2.45) is 0 Å². The second-order valence-electron chi connectivity index (χ2n) is 15.7. The molecule has 0 bridgehead atoms. The lowest BCUT2D eigenvalue weighted by Crippen LogP contribution is -2.14. The third-order valence-corrected chi connectivity index (χ3v) is 11.8. The van der Waals surface area contributed by atoms with Crippen molar-refractivity contribution in [1.82, 2.24) is 9.97 Å². The predicted molar refractivity (Wildman–Crippen MR) is 242 cm³/mol. The molecule has 0 N–H and O–H groups in total. The van der Waals surface area contributed by atoms with E-state index in [2.05, 4.69) is 196 Å². The van der Waals surface area contributed by atoms with Crippen LogP contribution >= 0.6 is 0 Å². The summed E-state index contributed by atoms with van der Waals surface area (Å²) in [7, 11) is 0. The lowest BCUT2D eigenvalue weighted by atomic mass is 9.82. The Labute approximate surface area is 345 Å². The summed E-state index contributed by atoms with van der Waals surface area (Å²) >= 11 is 0. The lowest BCUT2D eigenvalue weighted by molar-refractivity contribution is 0.660. The van der Waals surface area contributed by atoms with E-state index in [-0.39, 0.29) is 5.41 Å². The Bertz CT molecular complexity index is 3050. The van der Waals surface area contributed by atoms with Crippen molar-refractivity contribution >= 4 is 0 Å². The Morgan fingerprint density at radius 1 is 0.373 bits per heavy atom. The van der Waals surface area contributed by atoms with Gasteiger partial charge in [0.2, 0.25) is 0 Å². The topological polar surface area (TPSA) is 49.6 Å². The van der Waals surface area contributed by atoms with Gasteiger partial charge in [0.15, 0.2) is 5.82 Å². The maximum absolute atomic E-state index is 9.98. The zero-order valence-corrected chi connectivity index (χ0v) is 32.9. The number of nitrogens with zero attached hydrogens (tertiary/aromatic N) is 3. The minimum atomic E-state index is -0.157. The molecular formula is C56H39N3. The smallest absolute Gasteiger partial charge is 0.160 e. The molecular weight excluding hydrogens is 715 g/mol. The first-order valence-corrected chi connectivity index (χ1v) is 20.0. The average Bonchev–Trinajstić information content (AvgIpc) is 3.55. The van der Waals surface area contributed by atoms with Crippen molar-refractivity contribution in [3.05, 3.63) is 217 Å². The van der Waals surface area contributed by atoms with Gasteiger partial charge < -0.3 is 0 Å². The summed E-state index contributed by atoms with van der Waals surface area (Å²) in [6, 6.07) is 72.7. The van der Waals surface area contributed by atoms with Gasteiger partial charge in [-0.15, -0.1) is 0 Å². The molecule has 3 heteroatoms. The highest BCUT2D eigenvalue weighted by atomic mass is 14.9. The molecule has 0 fully saturated rings. The minimum absolute atomic E-state index is 0.157. The number of rotatable bonds is 7. The van der Waals surface area contributed by atoms with Crippen LogP contribution in [0.15, 0.2) is 200 Å². The van der Waals surface area contributed by atoms with E-state index in [1.807, 2.05) is 24.3 Å². The Hall–Kier alpha value is -7.67. The molecule has 0 spiro atoms. The van der Waals surface area contributed by atoms with E-state index in [1.54, 1.807) is 0 Å². The molecule has 3 nitrogen and oxygen atoms in total. The summed E-state index contributed by atoms with van der Waals surface area (Å²) in [4.78, 5) is 10.4. The first-order chi connectivity index (χ1) is 28.9. The molecule has 59 heavy (non-hydrogen) atoms. The Morgan fingerprint density at radius 2 is 0.814 bits per heavy atom. The Balaban J connectivity index is 1.01. The first kappa shape index (κ1) is 35.7. The summed E-state index contributed by atoms with van der Waals surface area (Å²) in [5.41, 5.74) is 19.1. The third kappa shape index (κ3) is 6.61. The second kappa shape index (κ2) is 14.7. The van der Waals surface area contributed by atoms with Crippen LogP contribution in [0.5, 0.6) is 0 Å². The molecule has 0 unspecified atom stereocenters. The zero-order valence-electron chi connectivity index (χ0n) is 32.9. The number of aromatic nitrogens is 2. The van der Waals surface area contributed by atoms with Crippen LogP contribution in [0.3, 0.4) is 0 Å². The van der Waals surface area contributed by atoms with E-state index in [0.29, 0.717) is 5.82 Å². The van der Waals surface area contributed by atoms with E-state index in [1.165, 1.54) is 16.7 Å². The largest absolute Gasteiger partial charge is 0.228 e. The number of hydrogen-bond acceptors (Lipinski definition) is 3. The van der Waals surface area contributed by atoms with Crippen molar-refractivity contribution in [1.29, 1.82) is 5.26 Å². The van der Waals surface area contributed by atoms with Crippen LogP contribution in [-0.2, 0) is 5.41 Å². The fraction of sp³-hybridized carbons (Fsp3) is 0.0536. The molecule has 1 aromatic heterocycles. The molecule has 278 valence electrons. The lowest BCUT2D eigenvalue weighted by Gasteiger charge is -2.21. The van der Waals surface area contributed by atoms with Gasteiger partial charge >= 0.3 is 0 Å². The summed E-state index contributed by atoms with van der Waals surface area (Å²) in [6.07, 6.45) is 0. The van der Waals surface area contributed by atoms with E-state index >= 15 is 0 Å². The highest BCUT2D eigenvalue weighted by Crippen LogP contribution is 2.51. The van der Waals surface area contributed by atoms with E-state index < -0.39 is 0 Å². The molecule has 8 aromatic carbocycles. The summed E-state index contributed by atoms with van der Waals surface area (Å²) in [6.45, 7) is 4.49. The van der Waals surface area contributed by atoms with Gasteiger partial charge in [-0.05, 0) is 91.5 Å². The van der Waals surface area contributed by atoms with E-state index in [4.69, 9.17) is 9.97 Å². The Kier molecular flexibility index (Phi) is 8.89. The number of benzene rings is 8. The van der Waals surface area contributed by atoms with Gasteiger partial charge in [-0.1, -0.05) is 184 Å². The molecule has 0 radical (unpaired) electrons. The van der Waals surface area contributed by atoms with Crippen LogP contribution in [0, 0.1) is 11.3 Å². The van der Waals surface area contributed by atoms with Gasteiger partial charge in [-0.2, -0.15) is 5.26 Å². The fourth-order valence-electron chi connectivity index (χ4n) is 8.60. The SMILES string of the molecule is CC1(C)c2ccc(-c3ccc(-c4cccc(-c5cc(-c6ccc(-c7ccccc7)cc6)nc(-c6cccc(-c7ccccc7)c6)n5)c4)cc3)cc2-c2c(C#N)cccc21. The predicted octanol–water partition coefficient (Wildman–Crippen LogP) is 14.3. The fourth-order valence-corrected chi connectivity index (χ4v) is 8.60. The van der Waals surface area contributed by atoms with Crippen molar-refractivity contribution in [3.8, 4) is 95.6 Å². The molecule has 0 saturated heterocycles. The third-order valence-electron chi connectivity index (χ3n) is 11.8. The standard InChI is InChI=1S/C56H39N3/c1-56(2)50-31-30-45(34-49(50)54-48(36-57)20-11-21-51(54)56)41-24-22-40(23-25-41)43-16-9-18-46(32-43)53-35-52(42-28-26-39(27-29-42)37-12-5-3-6-13-37)58-55(59-53)47-19-10-17-44(33-47)38-14-7-4-8-15-38/h3-35H,1-2H3. The van der Waals surface area contributed by atoms with Crippen molar-refractivity contribution in [2.45, 2.75) is 19.3 Å². The molecule has 0 saturated carbocycles. The second-order valence-corrected chi connectivity index (χ2v) is 15.7. The minimum Gasteiger partial charge on any atom is -0.228 e. The van der Waals surface area contributed by atoms with Crippen molar-refractivity contribution < 1.29 is 0 Å². The maximum Gasteiger partial charge on any atom is 0.160 e. The molecule has 1 aliphatic carbocycles. The average molecular weight is 754 g/mol. The summed E-state index contributed by atoms with van der Waals surface area (Å²) in [5.74, 6) is 0.680. The molecule has 0 aliphatic heterocycles. The van der Waals surface area contributed by atoms with Crippen molar-refractivity contribution in [2.75, 3.05) is 0 Å². The first-order valence-electron chi connectivity index (χ1n) is 20.0. The van der Waals surface area contributed by atoms with Gasteiger partial charge in [0.05, 0.1) is 23.0 Å². The monoisotopic (exact) mass is 753 g/mol. The van der Waals surface area contributed by atoms with Gasteiger partial charge in [0.1, 0.15) is 0 Å². The van der Waals surface area contributed by atoms with Crippen LogP contribution in [0.2, 0.25) is 0 Å². The number of hydrogen-bond donors (Lipinski definition) is 0. The van der Waals surface area contributed by atoms with Gasteiger partial charge in [0.25, 0.3) is 0 Å². The molecule has 10 rings (SSSR count). The van der Waals surface area contributed by atoms with Crippen LogP contribution in [0.4, 0.5) is 0 Å². The highest BCUT2D eigenvalue weighted by molar-refractivity contribution is 5.88. The Morgan fingerprint density at radius 3 is 1.44 bits per heavy atom. The van der Waals surface area contributed by atoms with Crippen molar-refractivity contribution in [3.63, 3.8) is 0 Å². The summed E-state index contributed by atoms with van der Waals surface area (Å²) < 4.78 is 0. The maximum atomic E-state index is 9.98. The van der Waals surface area contributed by atoms with Gasteiger partial charge in [0, 0.05) is 27.7 Å². The number of nitriles is 1. The molecule has 1 heterocycles. The highest BCUT2D eigenvalue weighted by Gasteiger charge is 2.36. The number of fused-ring (bicyclic) bond motifs is 3. The van der Waals surface area contributed by atoms with Gasteiger partial charge in [-0.3, -0.25) is 0 Å². The van der Waals surface area contributed by atoms with E-state index in [0.717, 1.165) is 83.7 Å². The quantitative estimate of drug-likeness (QED) is 0.163. The molecule has 1 aliphatic rings. The van der Waals surface area contributed by atoms with Gasteiger partial charge in [-0.25, -0.2) is 9.97 Å². The van der Waals surface area contributed by atoms with Crippen LogP contribution in [0.1, 0.15) is 30.5 Å². The van der Waals surface area contributed by atoms with Crippen LogP contribution < -0.4 is 0 Å². The molecule has 9 aromatic rings. The molecule has 0 atom stereocenters. The van der Waals surface area contributed by atoms with Crippen LogP contribution in [0.25, 0.3) is 89.5 Å². The van der Waals surface area contributed by atoms with Crippen LogP contribution in [-0.4, -0.2) is 9.97 Å².